The van der Waals surface area contributed by atoms with Gasteiger partial charge in [0.05, 0.1) is 23.1 Å². The van der Waals surface area contributed by atoms with E-state index in [1.54, 1.807) is 58.3 Å². The topological polar surface area (TPSA) is 129 Å². The van der Waals surface area contributed by atoms with Gasteiger partial charge in [0.2, 0.25) is 5.91 Å². The van der Waals surface area contributed by atoms with Gasteiger partial charge < -0.3 is 21.4 Å². The quantitative estimate of drug-likeness (QED) is 0.237. The van der Waals surface area contributed by atoms with Gasteiger partial charge in [-0.3, -0.25) is 9.78 Å². The van der Waals surface area contributed by atoms with Crippen LogP contribution in [0.1, 0.15) is 30.8 Å². The molecular weight excluding hydrogens is 471 g/mol. The van der Waals surface area contributed by atoms with Crippen LogP contribution in [0.5, 0.6) is 0 Å². The van der Waals surface area contributed by atoms with Gasteiger partial charge in [-0.1, -0.05) is 12.0 Å². The Labute approximate surface area is 213 Å². The second-order valence-electron chi connectivity index (χ2n) is 8.23. The van der Waals surface area contributed by atoms with E-state index in [2.05, 4.69) is 47.7 Å². The Morgan fingerprint density at radius 1 is 1.11 bits per heavy atom. The van der Waals surface area contributed by atoms with Gasteiger partial charge in [-0.15, -0.1) is 0 Å². The molecule has 0 radical (unpaired) electrons. The van der Waals surface area contributed by atoms with E-state index in [0.717, 1.165) is 0 Å². The highest BCUT2D eigenvalue weighted by Gasteiger charge is 2.17. The largest absolute Gasteiger partial charge is 0.385 e. The van der Waals surface area contributed by atoms with E-state index in [1.165, 1.54) is 18.6 Å². The number of benzene rings is 1. The zero-order valence-electron chi connectivity index (χ0n) is 20.8. The first kappa shape index (κ1) is 25.3. The van der Waals surface area contributed by atoms with Crippen molar-refractivity contribution in [2.24, 2.45) is 0 Å². The summed E-state index contributed by atoms with van der Waals surface area (Å²) in [4.78, 5) is 29.7. The van der Waals surface area contributed by atoms with E-state index in [0.29, 0.717) is 39.3 Å². The predicted octanol–water partition coefficient (Wildman–Crippen LogP) is 3.60. The molecule has 0 spiro atoms. The lowest BCUT2D eigenvalue weighted by atomic mass is 10.1. The molecule has 0 aliphatic heterocycles. The third kappa shape index (κ3) is 5.58. The fraction of sp³-hybridized carbons (Fsp3) is 0.185. The molecule has 0 saturated heterocycles. The number of hydrogen-bond acceptors (Lipinski definition) is 8. The van der Waals surface area contributed by atoms with E-state index >= 15 is 0 Å². The van der Waals surface area contributed by atoms with Crippen molar-refractivity contribution >= 4 is 34.0 Å². The number of pyridine rings is 2. The van der Waals surface area contributed by atoms with Gasteiger partial charge in [-0.2, -0.15) is 0 Å². The van der Waals surface area contributed by atoms with Crippen LogP contribution in [0.15, 0.2) is 48.9 Å². The SMILES string of the molecule is CNc1c(C(C)=N)ncnc1-c1cc(C#Cc2cc(F)c3ncccc3c2)nc(NC(=O)C(C)NC)c1. The maximum Gasteiger partial charge on any atom is 0.242 e. The van der Waals surface area contributed by atoms with Crippen LogP contribution in [0, 0.1) is 23.1 Å². The molecule has 1 amide bonds. The first-order valence-electron chi connectivity index (χ1n) is 11.5. The molecule has 186 valence electrons. The van der Waals surface area contributed by atoms with Crippen LogP contribution in [0.2, 0.25) is 0 Å². The average Bonchev–Trinajstić information content (AvgIpc) is 2.90. The molecule has 1 aromatic carbocycles. The molecule has 1 unspecified atom stereocenters. The summed E-state index contributed by atoms with van der Waals surface area (Å²) >= 11 is 0. The van der Waals surface area contributed by atoms with Gasteiger partial charge in [0.25, 0.3) is 0 Å². The molecule has 37 heavy (non-hydrogen) atoms. The average molecular weight is 497 g/mol. The molecule has 4 rings (SSSR count). The third-order valence-corrected chi connectivity index (χ3v) is 5.62. The zero-order valence-corrected chi connectivity index (χ0v) is 20.8. The van der Waals surface area contributed by atoms with E-state index in [-0.39, 0.29) is 23.0 Å². The van der Waals surface area contributed by atoms with Crippen molar-refractivity contribution in [3.05, 3.63) is 71.7 Å². The fourth-order valence-corrected chi connectivity index (χ4v) is 3.64. The van der Waals surface area contributed by atoms with Crippen molar-refractivity contribution in [3.63, 3.8) is 0 Å². The molecule has 3 heterocycles. The summed E-state index contributed by atoms with van der Waals surface area (Å²) in [6, 6.07) is 9.52. The Bertz CT molecular complexity index is 1570. The number of likely N-dealkylation sites (N-methyl/N-ethyl adjacent to an activating group) is 1. The van der Waals surface area contributed by atoms with Crippen molar-refractivity contribution in [2.45, 2.75) is 19.9 Å². The van der Waals surface area contributed by atoms with E-state index in [1.807, 2.05) is 0 Å². The molecule has 10 heteroatoms. The van der Waals surface area contributed by atoms with E-state index in [4.69, 9.17) is 5.41 Å². The van der Waals surface area contributed by atoms with Crippen LogP contribution in [0.3, 0.4) is 0 Å². The highest BCUT2D eigenvalue weighted by atomic mass is 19.1. The number of rotatable bonds is 6. The molecule has 0 fully saturated rings. The molecule has 3 aromatic heterocycles. The molecule has 0 bridgehead atoms. The number of aromatic nitrogens is 4. The molecule has 4 N–H and O–H groups in total. The summed E-state index contributed by atoms with van der Waals surface area (Å²) < 4.78 is 14.5. The van der Waals surface area contributed by atoms with Crippen LogP contribution < -0.4 is 16.0 Å². The van der Waals surface area contributed by atoms with E-state index < -0.39 is 11.9 Å². The maximum absolute atomic E-state index is 14.5. The van der Waals surface area contributed by atoms with Crippen LogP contribution in [-0.2, 0) is 4.79 Å². The Morgan fingerprint density at radius 2 is 1.92 bits per heavy atom. The molecule has 4 aromatic rings. The molecular formula is C27H25FN8O. The Morgan fingerprint density at radius 3 is 2.65 bits per heavy atom. The number of anilines is 2. The Balaban J connectivity index is 1.83. The van der Waals surface area contributed by atoms with Gasteiger partial charge in [0, 0.05) is 29.8 Å². The minimum atomic E-state index is -0.465. The molecule has 1 atom stereocenters. The van der Waals surface area contributed by atoms with Gasteiger partial charge in [0.15, 0.2) is 5.82 Å². The van der Waals surface area contributed by atoms with Crippen LogP contribution >= 0.6 is 0 Å². The normalized spacial score (nSPS) is 11.4. The minimum Gasteiger partial charge on any atom is -0.385 e. The monoisotopic (exact) mass is 496 g/mol. The van der Waals surface area contributed by atoms with Gasteiger partial charge >= 0.3 is 0 Å². The number of carbonyl (C=O) groups excluding carboxylic acids is 1. The number of amides is 1. The van der Waals surface area contributed by atoms with Crippen molar-refractivity contribution in [1.82, 2.24) is 25.3 Å². The summed E-state index contributed by atoms with van der Waals surface area (Å²) in [5.74, 6) is 5.46. The molecule has 0 aliphatic carbocycles. The highest BCUT2D eigenvalue weighted by molar-refractivity contribution is 6.02. The number of fused-ring (bicyclic) bond motifs is 1. The predicted molar refractivity (Wildman–Crippen MR) is 142 cm³/mol. The fourth-order valence-electron chi connectivity index (χ4n) is 3.64. The Hall–Kier alpha value is -4.75. The second kappa shape index (κ2) is 10.9. The maximum atomic E-state index is 14.5. The third-order valence-electron chi connectivity index (χ3n) is 5.62. The zero-order chi connectivity index (χ0) is 26.5. The van der Waals surface area contributed by atoms with Crippen LogP contribution in [0.25, 0.3) is 22.2 Å². The van der Waals surface area contributed by atoms with Crippen molar-refractivity contribution in [1.29, 1.82) is 5.41 Å². The van der Waals surface area contributed by atoms with Gasteiger partial charge in [-0.25, -0.2) is 19.3 Å². The van der Waals surface area contributed by atoms with Crippen LogP contribution in [0.4, 0.5) is 15.9 Å². The summed E-state index contributed by atoms with van der Waals surface area (Å²) in [6.07, 6.45) is 2.91. The number of nitrogens with zero attached hydrogens (tertiary/aromatic N) is 4. The van der Waals surface area contributed by atoms with Gasteiger partial charge in [0.1, 0.15) is 29.0 Å². The lowest BCUT2D eigenvalue weighted by Gasteiger charge is -2.14. The summed E-state index contributed by atoms with van der Waals surface area (Å²) in [5.41, 5.74) is 3.48. The first-order valence-corrected chi connectivity index (χ1v) is 11.5. The summed E-state index contributed by atoms with van der Waals surface area (Å²) in [6.45, 7) is 3.37. The van der Waals surface area contributed by atoms with Crippen LogP contribution in [-0.4, -0.2) is 51.7 Å². The molecule has 9 nitrogen and oxygen atoms in total. The standard InChI is InChI=1S/C27H25FN8O/c1-15(29)23-26(31-4)25(34-14-33-23)19-12-20(35-22(13-19)36-27(37)16(2)30-3)8-7-17-10-18-6-5-9-32-24(18)21(28)11-17/h5-6,9-14,16,29-31H,1-4H3,(H,35,36,37). The van der Waals surface area contributed by atoms with Gasteiger partial charge in [-0.05, 0) is 57.1 Å². The molecule has 0 aliphatic rings. The first-order chi connectivity index (χ1) is 17.8. The lowest BCUT2D eigenvalue weighted by molar-refractivity contribution is -0.117. The summed E-state index contributed by atoms with van der Waals surface area (Å²) in [7, 11) is 3.40. The number of carbonyl (C=O) groups is 1. The highest BCUT2D eigenvalue weighted by Crippen LogP contribution is 2.30. The lowest BCUT2D eigenvalue weighted by Crippen LogP contribution is -2.35. The van der Waals surface area contributed by atoms with E-state index in [9.17, 15) is 9.18 Å². The number of halogens is 1. The minimum absolute atomic E-state index is 0.270. The van der Waals surface area contributed by atoms with Crippen molar-refractivity contribution < 1.29 is 9.18 Å². The molecule has 0 saturated carbocycles. The smallest absolute Gasteiger partial charge is 0.242 e. The second-order valence-corrected chi connectivity index (χ2v) is 8.23. The Kier molecular flexibility index (Phi) is 7.46. The number of nitrogens with one attached hydrogen (secondary N) is 4. The number of hydrogen-bond donors (Lipinski definition) is 4. The summed E-state index contributed by atoms with van der Waals surface area (Å²) in [5, 5.41) is 17.4. The van der Waals surface area contributed by atoms with Crippen molar-refractivity contribution in [3.8, 4) is 23.1 Å². The van der Waals surface area contributed by atoms with Crippen molar-refractivity contribution in [2.75, 3.05) is 24.7 Å².